The molecule has 1 aromatic carbocycles. The van der Waals surface area contributed by atoms with E-state index >= 15 is 0 Å². The number of hydrogen-bond acceptors (Lipinski definition) is 4. The van der Waals surface area contributed by atoms with Gasteiger partial charge in [-0.2, -0.15) is 4.31 Å². The molecule has 23 heavy (non-hydrogen) atoms. The van der Waals surface area contributed by atoms with Crippen molar-refractivity contribution >= 4 is 15.9 Å². The van der Waals surface area contributed by atoms with Gasteiger partial charge in [-0.25, -0.2) is 8.42 Å². The average Bonchev–Trinajstić information content (AvgIpc) is 2.46. The number of rotatable bonds is 5. The van der Waals surface area contributed by atoms with E-state index in [-0.39, 0.29) is 30.4 Å². The van der Waals surface area contributed by atoms with Gasteiger partial charge >= 0.3 is 0 Å². The fraction of sp³-hybridized carbons (Fsp3) is 0.562. The highest BCUT2D eigenvalue weighted by Gasteiger charge is 2.30. The van der Waals surface area contributed by atoms with E-state index in [1.807, 2.05) is 26.8 Å². The van der Waals surface area contributed by atoms with Gasteiger partial charge in [0.05, 0.1) is 18.0 Å². The lowest BCUT2D eigenvalue weighted by atomic mass is 10.1. The fourth-order valence-corrected chi connectivity index (χ4v) is 4.16. The number of amides is 1. The SMILES string of the molecule is Cc1cccc(C(=O)NCCS(=O)(=O)N2C[C@@H](C)O[C@H](C)C2)c1. The lowest BCUT2D eigenvalue weighted by Gasteiger charge is -2.34. The zero-order chi connectivity index (χ0) is 17.0. The van der Waals surface area contributed by atoms with Gasteiger partial charge < -0.3 is 10.1 Å². The lowest BCUT2D eigenvalue weighted by molar-refractivity contribution is -0.0440. The molecule has 0 unspecified atom stereocenters. The summed E-state index contributed by atoms with van der Waals surface area (Å²) in [4.78, 5) is 12.0. The van der Waals surface area contributed by atoms with Gasteiger partial charge in [0.15, 0.2) is 0 Å². The molecule has 1 fully saturated rings. The van der Waals surface area contributed by atoms with Crippen molar-refractivity contribution in [2.45, 2.75) is 33.0 Å². The third kappa shape index (κ3) is 5.02. The molecule has 1 saturated heterocycles. The van der Waals surface area contributed by atoms with Crippen LogP contribution in [0.5, 0.6) is 0 Å². The van der Waals surface area contributed by atoms with Gasteiger partial charge in [-0.05, 0) is 32.9 Å². The zero-order valence-corrected chi connectivity index (χ0v) is 14.6. The van der Waals surface area contributed by atoms with Crippen molar-refractivity contribution < 1.29 is 17.9 Å². The van der Waals surface area contributed by atoms with E-state index in [1.54, 1.807) is 18.2 Å². The van der Waals surface area contributed by atoms with Crippen LogP contribution in [-0.4, -0.2) is 56.2 Å². The molecule has 1 amide bonds. The zero-order valence-electron chi connectivity index (χ0n) is 13.8. The largest absolute Gasteiger partial charge is 0.373 e. The topological polar surface area (TPSA) is 75.7 Å². The minimum atomic E-state index is -3.40. The summed E-state index contributed by atoms with van der Waals surface area (Å²) in [6.45, 7) is 6.43. The van der Waals surface area contributed by atoms with Crippen molar-refractivity contribution in [3.05, 3.63) is 35.4 Å². The number of carbonyl (C=O) groups is 1. The smallest absolute Gasteiger partial charge is 0.251 e. The Labute approximate surface area is 137 Å². The predicted molar refractivity (Wildman–Crippen MR) is 88.9 cm³/mol. The molecule has 1 heterocycles. The number of nitrogens with one attached hydrogen (secondary N) is 1. The molecule has 0 saturated carbocycles. The summed E-state index contributed by atoms with van der Waals surface area (Å²) < 4.78 is 31.7. The number of hydrogen-bond donors (Lipinski definition) is 1. The van der Waals surface area contributed by atoms with Crippen molar-refractivity contribution in [1.29, 1.82) is 0 Å². The molecular formula is C16H24N2O4S. The van der Waals surface area contributed by atoms with E-state index in [0.717, 1.165) is 5.56 Å². The number of carbonyl (C=O) groups excluding carboxylic acids is 1. The van der Waals surface area contributed by atoms with E-state index < -0.39 is 10.0 Å². The predicted octanol–water partition coefficient (Wildman–Crippen LogP) is 1.16. The Balaban J connectivity index is 1.88. The number of nitrogens with zero attached hydrogens (tertiary/aromatic N) is 1. The van der Waals surface area contributed by atoms with Crippen LogP contribution in [0.1, 0.15) is 29.8 Å². The second kappa shape index (κ2) is 7.42. The Morgan fingerprint density at radius 3 is 2.57 bits per heavy atom. The van der Waals surface area contributed by atoms with Crippen molar-refractivity contribution in [2.24, 2.45) is 0 Å². The molecular weight excluding hydrogens is 316 g/mol. The average molecular weight is 340 g/mol. The van der Waals surface area contributed by atoms with Crippen molar-refractivity contribution in [1.82, 2.24) is 9.62 Å². The highest BCUT2D eigenvalue weighted by atomic mass is 32.2. The Kier molecular flexibility index (Phi) is 5.78. The molecule has 1 N–H and O–H groups in total. The molecule has 1 aromatic rings. The molecule has 1 aliphatic heterocycles. The van der Waals surface area contributed by atoms with Crippen LogP contribution in [0, 0.1) is 6.92 Å². The third-order valence-electron chi connectivity index (χ3n) is 3.71. The van der Waals surface area contributed by atoms with E-state index in [0.29, 0.717) is 18.7 Å². The summed E-state index contributed by atoms with van der Waals surface area (Å²) in [5.74, 6) is -0.364. The first-order valence-electron chi connectivity index (χ1n) is 7.76. The monoisotopic (exact) mass is 340 g/mol. The van der Waals surface area contributed by atoms with Gasteiger partial charge in [-0.15, -0.1) is 0 Å². The number of morpholine rings is 1. The van der Waals surface area contributed by atoms with Crippen LogP contribution in [0.4, 0.5) is 0 Å². The van der Waals surface area contributed by atoms with Crippen LogP contribution in [0.15, 0.2) is 24.3 Å². The van der Waals surface area contributed by atoms with Gasteiger partial charge in [0.25, 0.3) is 5.91 Å². The lowest BCUT2D eigenvalue weighted by Crippen LogP contribution is -2.49. The minimum Gasteiger partial charge on any atom is -0.373 e. The second-order valence-corrected chi connectivity index (χ2v) is 8.10. The van der Waals surface area contributed by atoms with E-state index in [1.165, 1.54) is 4.31 Å². The van der Waals surface area contributed by atoms with Crippen LogP contribution in [-0.2, 0) is 14.8 Å². The summed E-state index contributed by atoms with van der Waals surface area (Å²) in [6.07, 6.45) is -0.231. The number of sulfonamides is 1. The minimum absolute atomic E-state index is 0.0925. The molecule has 0 spiro atoms. The first kappa shape index (κ1) is 17.9. The maximum absolute atomic E-state index is 12.4. The quantitative estimate of drug-likeness (QED) is 0.873. The summed E-state index contributed by atoms with van der Waals surface area (Å²) in [7, 11) is -3.40. The number of ether oxygens (including phenoxy) is 1. The molecule has 2 atom stereocenters. The second-order valence-electron chi connectivity index (χ2n) is 6.02. The fourth-order valence-electron chi connectivity index (χ4n) is 2.67. The Hall–Kier alpha value is -1.44. The molecule has 1 aliphatic rings. The number of benzene rings is 1. The van der Waals surface area contributed by atoms with Gasteiger partial charge in [-0.1, -0.05) is 17.7 Å². The summed E-state index contributed by atoms with van der Waals surface area (Å²) in [5.41, 5.74) is 1.53. The van der Waals surface area contributed by atoms with Gasteiger partial charge in [-0.3, -0.25) is 4.79 Å². The Bertz CT molecular complexity index is 650. The van der Waals surface area contributed by atoms with Crippen molar-refractivity contribution in [2.75, 3.05) is 25.4 Å². The molecule has 2 rings (SSSR count). The van der Waals surface area contributed by atoms with Crippen LogP contribution in [0.3, 0.4) is 0 Å². The highest BCUT2D eigenvalue weighted by Crippen LogP contribution is 2.14. The molecule has 0 aromatic heterocycles. The Morgan fingerprint density at radius 1 is 1.30 bits per heavy atom. The molecule has 6 nitrogen and oxygen atoms in total. The summed E-state index contributed by atoms with van der Waals surface area (Å²) in [5, 5.41) is 2.67. The maximum Gasteiger partial charge on any atom is 0.251 e. The van der Waals surface area contributed by atoms with Crippen LogP contribution in [0.25, 0.3) is 0 Å². The molecule has 0 radical (unpaired) electrons. The van der Waals surface area contributed by atoms with Crippen LogP contribution in [0.2, 0.25) is 0 Å². The van der Waals surface area contributed by atoms with Gasteiger partial charge in [0.1, 0.15) is 0 Å². The van der Waals surface area contributed by atoms with Crippen molar-refractivity contribution in [3.63, 3.8) is 0 Å². The van der Waals surface area contributed by atoms with Gasteiger partial charge in [0, 0.05) is 25.2 Å². The van der Waals surface area contributed by atoms with Gasteiger partial charge in [0.2, 0.25) is 10.0 Å². The normalized spacial score (nSPS) is 22.7. The Morgan fingerprint density at radius 2 is 1.96 bits per heavy atom. The molecule has 0 bridgehead atoms. The van der Waals surface area contributed by atoms with E-state index in [4.69, 9.17) is 4.74 Å². The standard InChI is InChI=1S/C16H24N2O4S/c1-12-5-4-6-15(9-12)16(19)17-7-8-23(20,21)18-10-13(2)22-14(3)11-18/h4-6,9,13-14H,7-8,10-11H2,1-3H3,(H,17,19)/t13-,14-/m1/s1. The first-order chi connectivity index (χ1) is 10.8. The summed E-state index contributed by atoms with van der Waals surface area (Å²) >= 11 is 0. The maximum atomic E-state index is 12.4. The summed E-state index contributed by atoms with van der Waals surface area (Å²) in [6, 6.07) is 7.19. The molecule has 0 aliphatic carbocycles. The van der Waals surface area contributed by atoms with Crippen LogP contribution < -0.4 is 5.32 Å². The van der Waals surface area contributed by atoms with Crippen molar-refractivity contribution in [3.8, 4) is 0 Å². The number of aryl methyl sites for hydroxylation is 1. The highest BCUT2D eigenvalue weighted by molar-refractivity contribution is 7.89. The van der Waals surface area contributed by atoms with E-state index in [2.05, 4.69) is 5.32 Å². The van der Waals surface area contributed by atoms with Crippen LogP contribution >= 0.6 is 0 Å². The molecule has 128 valence electrons. The van der Waals surface area contributed by atoms with E-state index in [9.17, 15) is 13.2 Å². The first-order valence-corrected chi connectivity index (χ1v) is 9.37. The third-order valence-corrected chi connectivity index (χ3v) is 5.51. The molecule has 7 heteroatoms.